The quantitative estimate of drug-likeness (QED) is 0.270. The Morgan fingerprint density at radius 1 is 1.42 bits per heavy atom. The molecule has 0 aromatic carbocycles. The van der Waals surface area contributed by atoms with Gasteiger partial charge < -0.3 is 16.0 Å². The fraction of sp³-hybridized carbons (Fsp3) is 0.727. The smallest absolute Gasteiger partial charge is 0.324 e. The normalized spacial score (nSPS) is 15.4. The highest BCUT2D eigenvalue weighted by molar-refractivity contribution is 14.0. The Balaban J connectivity index is 0.00000324. The first-order valence-electron chi connectivity index (χ1n) is 6.07. The van der Waals surface area contributed by atoms with Crippen LogP contribution in [0.2, 0.25) is 0 Å². The zero-order valence-corrected chi connectivity index (χ0v) is 13.9. The number of carbonyl (C=O) groups excluding carboxylic acids is 2. The van der Waals surface area contributed by atoms with Gasteiger partial charge in [0.1, 0.15) is 0 Å². The Kier molecular flexibility index (Phi) is 8.44. The number of halogens is 1. The molecule has 0 aromatic rings. The van der Waals surface area contributed by atoms with E-state index in [0.29, 0.717) is 25.0 Å². The lowest BCUT2D eigenvalue weighted by Gasteiger charge is -2.16. The van der Waals surface area contributed by atoms with Crippen LogP contribution in [0.3, 0.4) is 0 Å². The monoisotopic (exact) mass is 383 g/mol. The lowest BCUT2D eigenvalue weighted by Crippen LogP contribution is -2.44. The molecule has 1 aliphatic heterocycles. The summed E-state index contributed by atoms with van der Waals surface area (Å²) in [6.45, 7) is 5.95. The average Bonchev–Trinajstić information content (AvgIpc) is 2.64. The van der Waals surface area contributed by atoms with Crippen LogP contribution in [0, 0.1) is 5.92 Å². The lowest BCUT2D eigenvalue weighted by atomic mass is 10.2. The van der Waals surface area contributed by atoms with Crippen molar-refractivity contribution >= 4 is 41.9 Å². The van der Waals surface area contributed by atoms with E-state index >= 15 is 0 Å². The molecular weight excluding hydrogens is 361 g/mol. The van der Waals surface area contributed by atoms with Crippen molar-refractivity contribution in [3.8, 4) is 0 Å². The highest BCUT2D eigenvalue weighted by Crippen LogP contribution is 1.96. The maximum absolute atomic E-state index is 11.3. The van der Waals surface area contributed by atoms with Crippen molar-refractivity contribution in [1.82, 2.24) is 20.9 Å². The minimum atomic E-state index is -0.327. The first-order valence-corrected chi connectivity index (χ1v) is 6.07. The topological polar surface area (TPSA) is 85.8 Å². The van der Waals surface area contributed by atoms with Gasteiger partial charge in [0, 0.05) is 26.7 Å². The molecule has 0 aromatic heterocycles. The van der Waals surface area contributed by atoms with Gasteiger partial charge >= 0.3 is 6.03 Å². The highest BCUT2D eigenvalue weighted by Gasteiger charge is 2.27. The molecular formula is C11H22IN5O2. The number of imide groups is 1. The number of guanidine groups is 1. The van der Waals surface area contributed by atoms with E-state index in [1.54, 1.807) is 7.05 Å². The Morgan fingerprint density at radius 2 is 2.11 bits per heavy atom. The number of urea groups is 1. The average molecular weight is 383 g/mol. The number of aliphatic imine (C=N–C) groups is 1. The molecule has 0 aliphatic carbocycles. The Hall–Kier alpha value is -1.06. The summed E-state index contributed by atoms with van der Waals surface area (Å²) in [5.41, 5.74) is 0. The predicted octanol–water partition coefficient (Wildman–Crippen LogP) is -0.0228. The van der Waals surface area contributed by atoms with Crippen molar-refractivity contribution in [1.29, 1.82) is 0 Å². The Bertz CT molecular complexity index is 330. The number of nitrogens with one attached hydrogen (secondary N) is 3. The van der Waals surface area contributed by atoms with Crippen LogP contribution in [-0.4, -0.2) is 56.0 Å². The standard InChI is InChI=1S/C11H21N5O2.HI/c1-8(2)6-14-10(12-3)13-4-5-16-9(17)7-15-11(16)18;/h8H,4-7H2,1-3H3,(H,15,18)(H2,12,13,14);1H. The van der Waals surface area contributed by atoms with Crippen molar-refractivity contribution in [2.75, 3.05) is 33.2 Å². The zero-order valence-electron chi connectivity index (χ0n) is 11.5. The van der Waals surface area contributed by atoms with E-state index in [4.69, 9.17) is 0 Å². The van der Waals surface area contributed by atoms with Crippen LogP contribution in [0.1, 0.15) is 13.8 Å². The number of rotatable bonds is 5. The molecule has 3 amide bonds. The summed E-state index contributed by atoms with van der Waals surface area (Å²) in [5.74, 6) is 1.01. The van der Waals surface area contributed by atoms with Crippen LogP contribution >= 0.6 is 24.0 Å². The minimum Gasteiger partial charge on any atom is -0.356 e. The first-order chi connectivity index (χ1) is 8.54. The lowest BCUT2D eigenvalue weighted by molar-refractivity contribution is -0.124. The van der Waals surface area contributed by atoms with Crippen LogP contribution in [0.5, 0.6) is 0 Å². The predicted molar refractivity (Wildman–Crippen MR) is 84.7 cm³/mol. The second-order valence-electron chi connectivity index (χ2n) is 4.48. The number of carbonyl (C=O) groups is 2. The molecule has 110 valence electrons. The highest BCUT2D eigenvalue weighted by atomic mass is 127. The van der Waals surface area contributed by atoms with Crippen molar-refractivity contribution in [2.24, 2.45) is 10.9 Å². The van der Waals surface area contributed by atoms with Gasteiger partial charge in [0.25, 0.3) is 0 Å². The van der Waals surface area contributed by atoms with Crippen LogP contribution in [0.4, 0.5) is 4.79 Å². The molecule has 8 heteroatoms. The van der Waals surface area contributed by atoms with Crippen LogP contribution in [-0.2, 0) is 4.79 Å². The third kappa shape index (κ3) is 6.08. The van der Waals surface area contributed by atoms with Gasteiger partial charge in [0.2, 0.25) is 5.91 Å². The molecule has 1 aliphatic rings. The second kappa shape index (κ2) is 8.94. The van der Waals surface area contributed by atoms with E-state index in [9.17, 15) is 9.59 Å². The first kappa shape index (κ1) is 17.9. The molecule has 19 heavy (non-hydrogen) atoms. The second-order valence-corrected chi connectivity index (χ2v) is 4.48. The molecule has 1 rings (SSSR count). The molecule has 0 spiro atoms. The Labute approximate surface area is 130 Å². The number of hydrogen-bond acceptors (Lipinski definition) is 3. The van der Waals surface area contributed by atoms with Crippen molar-refractivity contribution in [3.63, 3.8) is 0 Å². The number of hydrogen-bond donors (Lipinski definition) is 3. The molecule has 1 heterocycles. The van der Waals surface area contributed by atoms with Gasteiger partial charge in [-0.1, -0.05) is 13.8 Å². The molecule has 0 unspecified atom stereocenters. The minimum absolute atomic E-state index is 0. The molecule has 7 nitrogen and oxygen atoms in total. The van der Waals surface area contributed by atoms with Crippen LogP contribution in [0.25, 0.3) is 0 Å². The Morgan fingerprint density at radius 3 is 2.58 bits per heavy atom. The molecule has 0 atom stereocenters. The van der Waals surface area contributed by atoms with Crippen LogP contribution < -0.4 is 16.0 Å². The van der Waals surface area contributed by atoms with Gasteiger partial charge in [-0.25, -0.2) is 4.79 Å². The summed E-state index contributed by atoms with van der Waals surface area (Å²) >= 11 is 0. The fourth-order valence-electron chi connectivity index (χ4n) is 1.49. The van der Waals surface area contributed by atoms with Crippen molar-refractivity contribution < 1.29 is 9.59 Å². The molecule has 1 saturated heterocycles. The molecule has 3 N–H and O–H groups in total. The van der Waals surface area contributed by atoms with Gasteiger partial charge in [0.05, 0.1) is 6.54 Å². The van der Waals surface area contributed by atoms with Gasteiger partial charge in [-0.3, -0.25) is 14.7 Å². The van der Waals surface area contributed by atoms with Gasteiger partial charge in [0.15, 0.2) is 5.96 Å². The van der Waals surface area contributed by atoms with Crippen molar-refractivity contribution in [3.05, 3.63) is 0 Å². The molecule has 0 saturated carbocycles. The third-order valence-corrected chi connectivity index (χ3v) is 2.47. The number of nitrogens with zero attached hydrogens (tertiary/aromatic N) is 2. The van der Waals surface area contributed by atoms with E-state index in [-0.39, 0.29) is 42.5 Å². The van der Waals surface area contributed by atoms with E-state index < -0.39 is 0 Å². The summed E-state index contributed by atoms with van der Waals surface area (Å²) in [5, 5.41) is 8.68. The van der Waals surface area contributed by atoms with E-state index in [1.807, 2.05) is 0 Å². The molecule has 0 radical (unpaired) electrons. The zero-order chi connectivity index (χ0) is 13.5. The van der Waals surface area contributed by atoms with Gasteiger partial charge in [-0.2, -0.15) is 0 Å². The molecule has 1 fully saturated rings. The summed E-state index contributed by atoms with van der Waals surface area (Å²) < 4.78 is 0. The summed E-state index contributed by atoms with van der Waals surface area (Å²) in [6.07, 6.45) is 0. The van der Waals surface area contributed by atoms with Crippen molar-refractivity contribution in [2.45, 2.75) is 13.8 Å². The number of amides is 3. The SMILES string of the molecule is CN=C(NCCN1C(=O)CNC1=O)NCC(C)C.I. The third-order valence-electron chi connectivity index (χ3n) is 2.47. The van der Waals surface area contributed by atoms with E-state index in [2.05, 4.69) is 34.8 Å². The summed E-state index contributed by atoms with van der Waals surface area (Å²) in [6, 6.07) is -0.327. The van der Waals surface area contributed by atoms with Crippen LogP contribution in [0.15, 0.2) is 4.99 Å². The van der Waals surface area contributed by atoms with Gasteiger partial charge in [-0.15, -0.1) is 24.0 Å². The maximum Gasteiger partial charge on any atom is 0.324 e. The van der Waals surface area contributed by atoms with E-state index in [1.165, 1.54) is 4.90 Å². The fourth-order valence-corrected chi connectivity index (χ4v) is 1.49. The van der Waals surface area contributed by atoms with Gasteiger partial charge in [-0.05, 0) is 5.92 Å². The summed E-state index contributed by atoms with van der Waals surface area (Å²) in [4.78, 5) is 27.8. The maximum atomic E-state index is 11.3. The largest absolute Gasteiger partial charge is 0.356 e. The molecule has 0 bridgehead atoms. The van der Waals surface area contributed by atoms with E-state index in [0.717, 1.165) is 6.54 Å². The summed E-state index contributed by atoms with van der Waals surface area (Å²) in [7, 11) is 1.68.